The molecule has 0 saturated heterocycles. The van der Waals surface area contributed by atoms with E-state index < -0.39 is 0 Å². The van der Waals surface area contributed by atoms with E-state index in [-0.39, 0.29) is 0 Å². The van der Waals surface area contributed by atoms with Crippen molar-refractivity contribution in [1.82, 2.24) is 0 Å². The zero-order chi connectivity index (χ0) is 7.82. The Labute approximate surface area is 80.6 Å². The molecule has 0 aliphatic rings. The van der Waals surface area contributed by atoms with Crippen LogP contribution in [0.5, 0.6) is 0 Å². The second-order valence-electron chi connectivity index (χ2n) is 3.10. The Morgan fingerprint density at radius 1 is 1.10 bits per heavy atom. The van der Waals surface area contributed by atoms with E-state index in [1.165, 1.54) is 38.5 Å². The summed E-state index contributed by atoms with van der Waals surface area (Å²) in [6.07, 6.45) is 8.65. The van der Waals surface area contributed by atoms with Gasteiger partial charge in [0.1, 0.15) is 0 Å². The van der Waals surface area contributed by atoms with Crippen molar-refractivity contribution in [3.05, 3.63) is 0 Å². The third-order valence-electron chi connectivity index (χ3n) is 1.74. The molecule has 0 N–H and O–H groups in total. The summed E-state index contributed by atoms with van der Waals surface area (Å²) in [7, 11) is 0. The molecule has 59 valence electrons. The van der Waals surface area contributed by atoms with Crippen LogP contribution in [0, 0.1) is 0 Å². The summed E-state index contributed by atoms with van der Waals surface area (Å²) in [5.41, 5.74) is 0. The van der Waals surface area contributed by atoms with Crippen molar-refractivity contribution >= 4 is 0 Å². The number of hydrogen-bond acceptors (Lipinski definition) is 0. The van der Waals surface area contributed by atoms with Crippen molar-refractivity contribution in [3.8, 4) is 0 Å². The molecule has 0 aliphatic carbocycles. The van der Waals surface area contributed by atoms with Crippen molar-refractivity contribution in [2.45, 2.75) is 56.0 Å². The van der Waals surface area contributed by atoms with Gasteiger partial charge in [-0.15, -0.1) is 0 Å². The molecule has 0 aromatic carbocycles. The number of hydrogen-bond donors (Lipinski definition) is 0. The van der Waals surface area contributed by atoms with Gasteiger partial charge in [-0.2, -0.15) is 0 Å². The van der Waals surface area contributed by atoms with Gasteiger partial charge >= 0.3 is 80.7 Å². The van der Waals surface area contributed by atoms with Gasteiger partial charge in [-0.1, -0.05) is 0 Å². The van der Waals surface area contributed by atoms with Gasteiger partial charge in [0.25, 0.3) is 0 Å². The quantitative estimate of drug-likeness (QED) is 0.596. The van der Waals surface area contributed by atoms with E-state index in [0.717, 1.165) is 3.63 Å². The Morgan fingerprint density at radius 3 is 2.20 bits per heavy atom. The van der Waals surface area contributed by atoms with Crippen LogP contribution in [0.1, 0.15) is 52.4 Å². The molecule has 0 aromatic rings. The molecule has 0 amide bonds. The Balaban J connectivity index is 2.77. The minimum atomic E-state index is 0.994. The first-order chi connectivity index (χ1) is 4.77. The maximum absolute atomic E-state index is 2.35. The minimum absolute atomic E-state index is 0.994. The van der Waals surface area contributed by atoms with Crippen molar-refractivity contribution in [2.24, 2.45) is 0 Å². The first kappa shape index (κ1) is 10.9. The van der Waals surface area contributed by atoms with E-state index in [4.69, 9.17) is 0 Å². The average Bonchev–Trinajstić information content (AvgIpc) is 1.87. The normalized spacial score (nSPS) is 13.3. The molecule has 0 fully saturated rings. The Morgan fingerprint density at radius 2 is 1.70 bits per heavy atom. The van der Waals surface area contributed by atoms with Gasteiger partial charge in [0.05, 0.1) is 0 Å². The molecule has 1 atom stereocenters. The SMILES string of the molecule is CCCCCCC[CH](C)[Zr]. The molecule has 0 rings (SSSR count). The first-order valence-electron chi connectivity index (χ1n) is 4.48. The Kier molecular flexibility index (Phi) is 8.69. The molecule has 1 heteroatoms. The van der Waals surface area contributed by atoms with Gasteiger partial charge in [0.2, 0.25) is 0 Å². The predicted molar refractivity (Wildman–Crippen MR) is 42.8 cm³/mol. The van der Waals surface area contributed by atoms with E-state index in [1.807, 2.05) is 0 Å². The third kappa shape index (κ3) is 8.88. The Bertz CT molecular complexity index is 59.7. The van der Waals surface area contributed by atoms with Gasteiger partial charge in [-0.25, -0.2) is 0 Å². The molecule has 0 heterocycles. The Hall–Kier alpha value is 0.883. The zero-order valence-corrected chi connectivity index (χ0v) is 9.78. The molecule has 0 nitrogen and oxygen atoms in total. The van der Waals surface area contributed by atoms with E-state index in [0.29, 0.717) is 0 Å². The second kappa shape index (κ2) is 7.98. The van der Waals surface area contributed by atoms with E-state index >= 15 is 0 Å². The van der Waals surface area contributed by atoms with E-state index in [1.54, 1.807) is 24.7 Å². The summed E-state index contributed by atoms with van der Waals surface area (Å²) in [6, 6.07) is 0. The molecule has 0 radical (unpaired) electrons. The van der Waals surface area contributed by atoms with Crippen LogP contribution in [0.25, 0.3) is 0 Å². The van der Waals surface area contributed by atoms with Crippen LogP contribution in [0.2, 0.25) is 3.63 Å². The van der Waals surface area contributed by atoms with Crippen LogP contribution in [0.3, 0.4) is 0 Å². The van der Waals surface area contributed by atoms with Gasteiger partial charge in [-0.05, 0) is 0 Å². The molecular weight excluding hydrogens is 199 g/mol. The van der Waals surface area contributed by atoms with Gasteiger partial charge in [-0.3, -0.25) is 0 Å². The van der Waals surface area contributed by atoms with E-state index in [9.17, 15) is 0 Å². The molecule has 0 spiro atoms. The fourth-order valence-electron chi connectivity index (χ4n) is 1.05. The van der Waals surface area contributed by atoms with Crippen LogP contribution in [0.15, 0.2) is 0 Å². The molecule has 0 aliphatic heterocycles. The van der Waals surface area contributed by atoms with Crippen LogP contribution in [-0.2, 0) is 24.7 Å². The fraction of sp³-hybridized carbons (Fsp3) is 1.00. The topological polar surface area (TPSA) is 0 Å². The van der Waals surface area contributed by atoms with E-state index in [2.05, 4.69) is 13.8 Å². The first-order valence-corrected chi connectivity index (χ1v) is 5.90. The van der Waals surface area contributed by atoms with Gasteiger partial charge < -0.3 is 0 Å². The van der Waals surface area contributed by atoms with Crippen molar-refractivity contribution in [3.63, 3.8) is 0 Å². The summed E-state index contributed by atoms with van der Waals surface area (Å²) in [5.74, 6) is 0. The van der Waals surface area contributed by atoms with Crippen molar-refractivity contribution in [1.29, 1.82) is 0 Å². The van der Waals surface area contributed by atoms with Gasteiger partial charge in [0, 0.05) is 0 Å². The van der Waals surface area contributed by atoms with Crippen molar-refractivity contribution < 1.29 is 24.7 Å². The van der Waals surface area contributed by atoms with Crippen LogP contribution in [0.4, 0.5) is 0 Å². The summed E-state index contributed by atoms with van der Waals surface area (Å²) in [5, 5.41) is 0. The van der Waals surface area contributed by atoms with Crippen LogP contribution in [-0.4, -0.2) is 0 Å². The molecule has 0 aromatic heterocycles. The molecule has 1 unspecified atom stereocenters. The second-order valence-corrected chi connectivity index (χ2v) is 5.53. The summed E-state index contributed by atoms with van der Waals surface area (Å²) in [4.78, 5) is 0. The van der Waals surface area contributed by atoms with Crippen LogP contribution >= 0.6 is 0 Å². The monoisotopic (exact) mass is 217 g/mol. The standard InChI is InChI=1S/C9H19.Zr/c1-3-5-7-9-8-6-4-2;/h3H,4-9H2,1-2H3;. The molecule has 0 bridgehead atoms. The maximum atomic E-state index is 2.35. The van der Waals surface area contributed by atoms with Crippen LogP contribution < -0.4 is 0 Å². The summed E-state index contributed by atoms with van der Waals surface area (Å²) < 4.78 is 0.994. The predicted octanol–water partition coefficient (Wildman–Crippen LogP) is 3.70. The average molecular weight is 218 g/mol. The summed E-state index contributed by atoms with van der Waals surface area (Å²) in [6.45, 7) is 4.62. The molecule has 0 saturated carbocycles. The third-order valence-corrected chi connectivity index (χ3v) is 2.45. The fourth-order valence-corrected chi connectivity index (χ4v) is 1.56. The molecule has 10 heavy (non-hydrogen) atoms. The van der Waals surface area contributed by atoms with Crippen molar-refractivity contribution in [2.75, 3.05) is 0 Å². The molecular formula is C9H19Zr. The number of rotatable bonds is 6. The number of unbranched alkanes of at least 4 members (excludes halogenated alkanes) is 4. The van der Waals surface area contributed by atoms with Gasteiger partial charge in [0.15, 0.2) is 0 Å². The zero-order valence-electron chi connectivity index (χ0n) is 7.32. The summed E-state index contributed by atoms with van der Waals surface area (Å²) >= 11 is 1.71.